The molecule has 0 fully saturated rings. The van der Waals surface area contributed by atoms with Crippen LogP contribution in [0.3, 0.4) is 0 Å². The summed E-state index contributed by atoms with van der Waals surface area (Å²) in [5.74, 6) is 0.471. The van der Waals surface area contributed by atoms with E-state index >= 15 is 0 Å². The van der Waals surface area contributed by atoms with Gasteiger partial charge in [-0.05, 0) is 65.7 Å². The van der Waals surface area contributed by atoms with Gasteiger partial charge in [-0.1, -0.05) is 41.7 Å². The van der Waals surface area contributed by atoms with E-state index in [4.69, 9.17) is 4.74 Å². The Hall–Kier alpha value is -3.77. The molecule has 0 saturated heterocycles. The molecule has 3 aromatic carbocycles. The Morgan fingerprint density at radius 1 is 1.00 bits per heavy atom. The minimum absolute atomic E-state index is 0.0525. The molecule has 6 heteroatoms. The van der Waals surface area contributed by atoms with Gasteiger partial charge < -0.3 is 10.1 Å². The summed E-state index contributed by atoms with van der Waals surface area (Å²) in [6.07, 6.45) is 1.77. The molecule has 0 saturated carbocycles. The van der Waals surface area contributed by atoms with Crippen molar-refractivity contribution in [3.63, 3.8) is 0 Å². The van der Waals surface area contributed by atoms with Crippen LogP contribution in [0.1, 0.15) is 5.56 Å². The van der Waals surface area contributed by atoms with Crippen LogP contribution in [-0.4, -0.2) is 22.5 Å². The van der Waals surface area contributed by atoms with Gasteiger partial charge in [-0.15, -0.1) is 0 Å². The lowest BCUT2D eigenvalue weighted by Crippen LogP contribution is -2.20. The number of aromatic nitrogens is 2. The van der Waals surface area contributed by atoms with E-state index in [0.717, 1.165) is 42.9 Å². The molecular formula is C25H19N3O2S. The molecule has 0 bridgehead atoms. The number of hydrogen-bond donors (Lipinski definition) is 1. The second-order valence-electron chi connectivity index (χ2n) is 7.22. The lowest BCUT2D eigenvalue weighted by molar-refractivity contribution is -0.118. The van der Waals surface area contributed by atoms with Crippen molar-refractivity contribution in [2.75, 3.05) is 11.9 Å². The van der Waals surface area contributed by atoms with E-state index in [1.807, 2.05) is 79.7 Å². The van der Waals surface area contributed by atoms with Crippen molar-refractivity contribution in [1.29, 1.82) is 0 Å². The van der Waals surface area contributed by atoms with E-state index in [1.165, 1.54) is 0 Å². The molecule has 5 nitrogen and oxygen atoms in total. The topological polar surface area (TPSA) is 64.1 Å². The number of thiazole rings is 1. The summed E-state index contributed by atoms with van der Waals surface area (Å²) in [5.41, 5.74) is 3.62. The van der Waals surface area contributed by atoms with Crippen molar-refractivity contribution in [2.45, 2.75) is 6.92 Å². The molecule has 2 aromatic heterocycles. The van der Waals surface area contributed by atoms with Gasteiger partial charge in [-0.2, -0.15) is 0 Å². The number of aryl methyl sites for hydroxylation is 1. The normalized spacial score (nSPS) is 11.0. The summed E-state index contributed by atoms with van der Waals surface area (Å²) in [6.45, 7) is 1.91. The molecule has 0 aliphatic rings. The van der Waals surface area contributed by atoms with E-state index in [-0.39, 0.29) is 12.5 Å². The smallest absolute Gasteiger partial charge is 0.262 e. The number of rotatable bonds is 5. The Kier molecular flexibility index (Phi) is 5.06. The van der Waals surface area contributed by atoms with Gasteiger partial charge in [-0.25, -0.2) is 9.97 Å². The Bertz CT molecular complexity index is 1380. The summed E-state index contributed by atoms with van der Waals surface area (Å²) in [6, 6.07) is 23.6. The van der Waals surface area contributed by atoms with E-state index in [2.05, 4.69) is 15.3 Å². The number of carbonyl (C=O) groups excluding carboxylic acids is 1. The third-order valence-corrected chi connectivity index (χ3v) is 6.03. The van der Waals surface area contributed by atoms with Crippen LogP contribution in [0.25, 0.3) is 31.7 Å². The van der Waals surface area contributed by atoms with Crippen LogP contribution in [-0.2, 0) is 4.79 Å². The van der Waals surface area contributed by atoms with Crippen LogP contribution >= 0.6 is 11.3 Å². The Morgan fingerprint density at radius 3 is 2.71 bits per heavy atom. The zero-order chi connectivity index (χ0) is 21.2. The molecule has 5 rings (SSSR count). The van der Waals surface area contributed by atoms with Crippen molar-refractivity contribution >= 4 is 44.1 Å². The Balaban J connectivity index is 1.26. The molecule has 0 spiro atoms. The predicted molar refractivity (Wildman–Crippen MR) is 126 cm³/mol. The average molecular weight is 426 g/mol. The van der Waals surface area contributed by atoms with Crippen LogP contribution in [0.15, 0.2) is 79.0 Å². The lowest BCUT2D eigenvalue weighted by Gasteiger charge is -2.11. The Morgan fingerprint density at radius 2 is 1.87 bits per heavy atom. The number of amides is 1. The molecule has 0 aliphatic heterocycles. The highest BCUT2D eigenvalue weighted by Gasteiger charge is 2.11. The number of anilines is 1. The SMILES string of the molecule is Cc1cc(-c2nc3cccnc3s2)ccc1NC(=O)COc1ccc2ccccc2c1. The molecule has 2 heterocycles. The fraction of sp³-hybridized carbons (Fsp3) is 0.0800. The van der Waals surface area contributed by atoms with Gasteiger partial charge in [0.15, 0.2) is 6.61 Å². The fourth-order valence-corrected chi connectivity index (χ4v) is 4.33. The fourth-order valence-electron chi connectivity index (χ4n) is 3.42. The number of nitrogens with one attached hydrogen (secondary N) is 1. The van der Waals surface area contributed by atoms with E-state index < -0.39 is 0 Å². The van der Waals surface area contributed by atoms with E-state index in [0.29, 0.717) is 5.75 Å². The van der Waals surface area contributed by atoms with Crippen molar-refractivity contribution < 1.29 is 9.53 Å². The minimum Gasteiger partial charge on any atom is -0.484 e. The molecule has 0 unspecified atom stereocenters. The quantitative estimate of drug-likeness (QED) is 0.384. The summed E-state index contributed by atoms with van der Waals surface area (Å²) in [4.78, 5) is 22.3. The van der Waals surface area contributed by atoms with Gasteiger partial charge in [0.2, 0.25) is 0 Å². The predicted octanol–water partition coefficient (Wildman–Crippen LogP) is 5.84. The highest BCUT2D eigenvalue weighted by atomic mass is 32.1. The summed E-state index contributed by atoms with van der Waals surface area (Å²) < 4.78 is 5.69. The third kappa shape index (κ3) is 4.11. The third-order valence-electron chi connectivity index (χ3n) is 5.00. The number of pyridine rings is 1. The molecule has 1 N–H and O–H groups in total. The van der Waals surface area contributed by atoms with Gasteiger partial charge in [0, 0.05) is 17.4 Å². The van der Waals surface area contributed by atoms with Gasteiger partial charge in [0.1, 0.15) is 21.1 Å². The monoisotopic (exact) mass is 425 g/mol. The number of carbonyl (C=O) groups is 1. The maximum absolute atomic E-state index is 12.4. The zero-order valence-corrected chi connectivity index (χ0v) is 17.6. The summed E-state index contributed by atoms with van der Waals surface area (Å²) in [7, 11) is 0. The molecule has 0 radical (unpaired) electrons. The van der Waals surface area contributed by atoms with Gasteiger partial charge in [0.05, 0.1) is 0 Å². The largest absolute Gasteiger partial charge is 0.484 e. The molecule has 31 heavy (non-hydrogen) atoms. The highest BCUT2D eigenvalue weighted by molar-refractivity contribution is 7.21. The standard InChI is InChI=1S/C25H19N3O2S/c1-16-13-19(24-28-22-7-4-12-26-25(22)31-24)9-11-21(16)27-23(29)15-30-20-10-8-17-5-2-3-6-18(17)14-20/h2-14H,15H2,1H3,(H,27,29). The van der Waals surface area contributed by atoms with Crippen LogP contribution in [0.2, 0.25) is 0 Å². The molecule has 0 aliphatic carbocycles. The van der Waals surface area contributed by atoms with Crippen LogP contribution < -0.4 is 10.1 Å². The van der Waals surface area contributed by atoms with Crippen molar-refractivity contribution in [2.24, 2.45) is 0 Å². The van der Waals surface area contributed by atoms with E-state index in [1.54, 1.807) is 17.5 Å². The van der Waals surface area contributed by atoms with Crippen LogP contribution in [0, 0.1) is 6.92 Å². The first-order valence-corrected chi connectivity index (χ1v) is 10.7. The maximum Gasteiger partial charge on any atom is 0.262 e. The maximum atomic E-state index is 12.4. The number of benzene rings is 3. The summed E-state index contributed by atoms with van der Waals surface area (Å²) >= 11 is 1.56. The molecule has 1 amide bonds. The highest BCUT2D eigenvalue weighted by Crippen LogP contribution is 2.31. The molecule has 0 atom stereocenters. The Labute approximate surface area is 183 Å². The zero-order valence-electron chi connectivity index (χ0n) is 16.8. The lowest BCUT2D eigenvalue weighted by atomic mass is 10.1. The number of ether oxygens (including phenoxy) is 1. The number of nitrogens with zero attached hydrogens (tertiary/aromatic N) is 2. The van der Waals surface area contributed by atoms with Crippen molar-refractivity contribution in [3.8, 4) is 16.3 Å². The molecule has 152 valence electrons. The number of fused-ring (bicyclic) bond motifs is 2. The molecule has 5 aromatic rings. The molecular weight excluding hydrogens is 406 g/mol. The first-order chi connectivity index (χ1) is 15.2. The van der Waals surface area contributed by atoms with Gasteiger partial charge in [0.25, 0.3) is 5.91 Å². The average Bonchev–Trinajstić information content (AvgIpc) is 3.23. The van der Waals surface area contributed by atoms with Crippen molar-refractivity contribution in [1.82, 2.24) is 9.97 Å². The first kappa shape index (κ1) is 19.2. The minimum atomic E-state index is -0.201. The second kappa shape index (κ2) is 8.16. The van der Waals surface area contributed by atoms with Gasteiger partial charge in [-0.3, -0.25) is 4.79 Å². The summed E-state index contributed by atoms with van der Waals surface area (Å²) in [5, 5.41) is 6.06. The van der Waals surface area contributed by atoms with Crippen LogP contribution in [0.5, 0.6) is 5.75 Å². The van der Waals surface area contributed by atoms with E-state index in [9.17, 15) is 4.79 Å². The van der Waals surface area contributed by atoms with Crippen molar-refractivity contribution in [3.05, 3.63) is 84.6 Å². The second-order valence-corrected chi connectivity index (χ2v) is 8.20. The van der Waals surface area contributed by atoms with Crippen LogP contribution in [0.4, 0.5) is 5.69 Å². The van der Waals surface area contributed by atoms with Gasteiger partial charge >= 0.3 is 0 Å². The first-order valence-electron chi connectivity index (χ1n) is 9.90. The number of hydrogen-bond acceptors (Lipinski definition) is 5.